The number of Topliss-reactive ketones (excluding diaryl/α,β-unsaturated/α-hetero) is 1. The maximum absolute atomic E-state index is 11.4. The smallest absolute Gasteiger partial charge is 0.137 e. The van der Waals surface area contributed by atoms with E-state index in [0.717, 1.165) is 12.8 Å². The van der Waals surface area contributed by atoms with Crippen molar-refractivity contribution < 1.29 is 4.79 Å². The van der Waals surface area contributed by atoms with E-state index < -0.39 is 0 Å². The lowest BCUT2D eigenvalue weighted by Gasteiger charge is -2.26. The second kappa shape index (κ2) is 4.11. The van der Waals surface area contributed by atoms with E-state index in [9.17, 15) is 4.79 Å². The highest BCUT2D eigenvalue weighted by molar-refractivity contribution is 5.82. The molecular formula is C11H14O. The molecule has 0 aromatic carbocycles. The normalized spacial score (nSPS) is 29.4. The van der Waals surface area contributed by atoms with Gasteiger partial charge in [-0.25, -0.2) is 0 Å². The van der Waals surface area contributed by atoms with Gasteiger partial charge in [0.15, 0.2) is 0 Å². The van der Waals surface area contributed by atoms with Crippen molar-refractivity contribution in [1.82, 2.24) is 0 Å². The Labute approximate surface area is 73.9 Å². The van der Waals surface area contributed by atoms with Crippen molar-refractivity contribution in [3.63, 3.8) is 0 Å². The fraction of sp³-hybridized carbons (Fsp3) is 0.545. The zero-order valence-corrected chi connectivity index (χ0v) is 7.25. The van der Waals surface area contributed by atoms with Gasteiger partial charge in [-0.1, -0.05) is 6.08 Å². The fourth-order valence-corrected chi connectivity index (χ4v) is 1.81. The number of terminal acetylenes is 1. The van der Waals surface area contributed by atoms with Crippen LogP contribution in [0, 0.1) is 24.2 Å². The Hall–Kier alpha value is -1.03. The summed E-state index contributed by atoms with van der Waals surface area (Å²) in [5, 5.41) is 0. The SMILES string of the molecule is C#CC[C@@H]1C(=O)CCC[C@@H]1C=C. The van der Waals surface area contributed by atoms with Gasteiger partial charge in [0.2, 0.25) is 0 Å². The van der Waals surface area contributed by atoms with Crippen molar-refractivity contribution in [2.75, 3.05) is 0 Å². The van der Waals surface area contributed by atoms with Gasteiger partial charge in [0, 0.05) is 18.8 Å². The van der Waals surface area contributed by atoms with Crippen LogP contribution in [0.1, 0.15) is 25.7 Å². The van der Waals surface area contributed by atoms with E-state index in [0.29, 0.717) is 24.5 Å². The van der Waals surface area contributed by atoms with Crippen molar-refractivity contribution in [2.24, 2.45) is 11.8 Å². The molecule has 64 valence electrons. The average Bonchev–Trinajstić information content (AvgIpc) is 2.09. The summed E-state index contributed by atoms with van der Waals surface area (Å²) in [7, 11) is 0. The molecule has 0 spiro atoms. The van der Waals surface area contributed by atoms with Gasteiger partial charge < -0.3 is 0 Å². The molecular weight excluding hydrogens is 148 g/mol. The Morgan fingerprint density at radius 3 is 3.08 bits per heavy atom. The van der Waals surface area contributed by atoms with Gasteiger partial charge in [0.25, 0.3) is 0 Å². The van der Waals surface area contributed by atoms with E-state index >= 15 is 0 Å². The zero-order chi connectivity index (χ0) is 8.97. The first-order valence-electron chi connectivity index (χ1n) is 4.38. The molecule has 1 saturated carbocycles. The maximum Gasteiger partial charge on any atom is 0.137 e. The number of hydrogen-bond acceptors (Lipinski definition) is 1. The van der Waals surface area contributed by atoms with Crippen LogP contribution in [0.25, 0.3) is 0 Å². The maximum atomic E-state index is 11.4. The topological polar surface area (TPSA) is 17.1 Å². The summed E-state index contributed by atoms with van der Waals surface area (Å²) >= 11 is 0. The first-order valence-corrected chi connectivity index (χ1v) is 4.38. The van der Waals surface area contributed by atoms with E-state index in [1.807, 2.05) is 6.08 Å². The van der Waals surface area contributed by atoms with Crippen molar-refractivity contribution in [1.29, 1.82) is 0 Å². The van der Waals surface area contributed by atoms with Crippen LogP contribution in [0.4, 0.5) is 0 Å². The minimum absolute atomic E-state index is 0.0567. The van der Waals surface area contributed by atoms with E-state index in [1.165, 1.54) is 0 Å². The van der Waals surface area contributed by atoms with E-state index in [2.05, 4.69) is 12.5 Å². The molecule has 0 bridgehead atoms. The van der Waals surface area contributed by atoms with Crippen molar-refractivity contribution >= 4 is 5.78 Å². The molecule has 0 saturated heterocycles. The molecule has 0 amide bonds. The highest BCUT2D eigenvalue weighted by Gasteiger charge is 2.28. The Morgan fingerprint density at radius 1 is 1.75 bits per heavy atom. The molecule has 0 radical (unpaired) electrons. The third kappa shape index (κ3) is 1.76. The van der Waals surface area contributed by atoms with Crippen LogP contribution in [0.2, 0.25) is 0 Å². The standard InChI is InChI=1S/C11H14O/c1-3-6-10-9(4-2)7-5-8-11(10)12/h1,4,9-10H,2,5-8H2/t9-,10-/m0/s1. The summed E-state index contributed by atoms with van der Waals surface area (Å²) in [6.07, 6.45) is 10.4. The highest BCUT2D eigenvalue weighted by Crippen LogP contribution is 2.29. The summed E-state index contributed by atoms with van der Waals surface area (Å²) < 4.78 is 0. The molecule has 0 N–H and O–H groups in total. The Bertz CT molecular complexity index is 222. The lowest BCUT2D eigenvalue weighted by Crippen LogP contribution is -2.26. The molecule has 1 heteroatoms. The Balaban J connectivity index is 2.66. The molecule has 0 aromatic rings. The first-order chi connectivity index (χ1) is 5.79. The van der Waals surface area contributed by atoms with Gasteiger partial charge in [-0.2, -0.15) is 0 Å². The molecule has 0 aromatic heterocycles. The minimum Gasteiger partial charge on any atom is -0.299 e. The number of carbonyl (C=O) groups excluding carboxylic acids is 1. The lowest BCUT2D eigenvalue weighted by atomic mass is 9.77. The van der Waals surface area contributed by atoms with Crippen LogP contribution in [-0.4, -0.2) is 5.78 Å². The molecule has 0 unspecified atom stereocenters. The second-order valence-corrected chi connectivity index (χ2v) is 3.27. The van der Waals surface area contributed by atoms with Crippen LogP contribution in [0.15, 0.2) is 12.7 Å². The quantitative estimate of drug-likeness (QED) is 0.449. The summed E-state index contributed by atoms with van der Waals surface area (Å²) in [6, 6.07) is 0. The minimum atomic E-state index is 0.0567. The molecule has 1 aliphatic carbocycles. The van der Waals surface area contributed by atoms with Gasteiger partial charge in [-0.15, -0.1) is 18.9 Å². The largest absolute Gasteiger partial charge is 0.299 e. The van der Waals surface area contributed by atoms with Crippen LogP contribution in [0.3, 0.4) is 0 Å². The predicted octanol–water partition coefficient (Wildman–Crippen LogP) is 2.18. The molecule has 0 heterocycles. The molecule has 0 aliphatic heterocycles. The average molecular weight is 162 g/mol. The summed E-state index contributed by atoms with van der Waals surface area (Å²) in [6.45, 7) is 3.73. The Morgan fingerprint density at radius 2 is 2.50 bits per heavy atom. The zero-order valence-electron chi connectivity index (χ0n) is 7.25. The monoisotopic (exact) mass is 162 g/mol. The van der Waals surface area contributed by atoms with E-state index in [-0.39, 0.29) is 5.92 Å². The lowest BCUT2D eigenvalue weighted by molar-refractivity contribution is -0.125. The molecule has 2 atom stereocenters. The summed E-state index contributed by atoms with van der Waals surface area (Å²) in [4.78, 5) is 11.4. The van der Waals surface area contributed by atoms with Gasteiger partial charge in [0.1, 0.15) is 5.78 Å². The van der Waals surface area contributed by atoms with Crippen LogP contribution < -0.4 is 0 Å². The first kappa shape index (κ1) is 9.06. The van der Waals surface area contributed by atoms with Crippen LogP contribution in [-0.2, 0) is 4.79 Å². The van der Waals surface area contributed by atoms with Gasteiger partial charge in [-0.05, 0) is 18.8 Å². The predicted molar refractivity (Wildman–Crippen MR) is 49.5 cm³/mol. The molecule has 1 rings (SSSR count). The van der Waals surface area contributed by atoms with E-state index in [1.54, 1.807) is 0 Å². The second-order valence-electron chi connectivity index (χ2n) is 3.27. The molecule has 1 nitrogen and oxygen atoms in total. The van der Waals surface area contributed by atoms with Crippen LogP contribution >= 0.6 is 0 Å². The van der Waals surface area contributed by atoms with Crippen LogP contribution in [0.5, 0.6) is 0 Å². The van der Waals surface area contributed by atoms with Gasteiger partial charge in [0.05, 0.1) is 0 Å². The summed E-state index contributed by atoms with van der Waals surface area (Å²) in [5.74, 6) is 3.27. The van der Waals surface area contributed by atoms with Crippen molar-refractivity contribution in [3.05, 3.63) is 12.7 Å². The number of hydrogen-bond donors (Lipinski definition) is 0. The van der Waals surface area contributed by atoms with Gasteiger partial charge in [-0.3, -0.25) is 4.79 Å². The van der Waals surface area contributed by atoms with Crippen molar-refractivity contribution in [3.8, 4) is 12.3 Å². The molecule has 1 aliphatic rings. The molecule has 1 fully saturated rings. The number of ketones is 1. The number of carbonyl (C=O) groups is 1. The van der Waals surface area contributed by atoms with Gasteiger partial charge >= 0.3 is 0 Å². The third-order valence-electron chi connectivity index (χ3n) is 2.53. The Kier molecular flexibility index (Phi) is 3.10. The van der Waals surface area contributed by atoms with Crippen molar-refractivity contribution in [2.45, 2.75) is 25.7 Å². The number of allylic oxidation sites excluding steroid dienone is 1. The third-order valence-corrected chi connectivity index (χ3v) is 2.53. The van der Waals surface area contributed by atoms with E-state index in [4.69, 9.17) is 6.42 Å². The highest BCUT2D eigenvalue weighted by atomic mass is 16.1. The fourth-order valence-electron chi connectivity index (χ4n) is 1.81. The summed E-state index contributed by atoms with van der Waals surface area (Å²) in [5.41, 5.74) is 0. The molecule has 12 heavy (non-hydrogen) atoms. The number of rotatable bonds is 2.